The van der Waals surface area contributed by atoms with Crippen molar-refractivity contribution in [1.82, 2.24) is 0 Å². The van der Waals surface area contributed by atoms with Crippen LogP contribution in [0.4, 0.5) is 0 Å². The van der Waals surface area contributed by atoms with Gasteiger partial charge in [-0.2, -0.15) is 0 Å². The van der Waals surface area contributed by atoms with Gasteiger partial charge in [-0.3, -0.25) is 4.79 Å². The number of ether oxygens (including phenoxy) is 1. The lowest BCUT2D eigenvalue weighted by atomic mass is 10.0. The van der Waals surface area contributed by atoms with E-state index in [2.05, 4.69) is 4.74 Å². The summed E-state index contributed by atoms with van der Waals surface area (Å²) in [5, 5.41) is 10.6. The van der Waals surface area contributed by atoms with E-state index in [1.165, 1.54) is 7.11 Å². The molecule has 4 nitrogen and oxygen atoms in total. The first-order valence-electron chi connectivity index (χ1n) is 5.34. The summed E-state index contributed by atoms with van der Waals surface area (Å²) in [4.78, 5) is 23.3. The average Bonchev–Trinajstić information content (AvgIpc) is 2.45. The molecule has 0 aromatic heterocycles. The largest absolute Gasteiger partial charge is 0.507 e. The van der Waals surface area contributed by atoms with Gasteiger partial charge in [0.05, 0.1) is 12.7 Å². The maximum atomic E-state index is 11.7. The Labute approximate surface area is 109 Å². The molecule has 5 heteroatoms. The third kappa shape index (κ3) is 2.24. The predicted molar refractivity (Wildman–Crippen MR) is 66.3 cm³/mol. The highest BCUT2D eigenvalue weighted by Crippen LogP contribution is 2.29. The van der Waals surface area contributed by atoms with Crippen LogP contribution >= 0.6 is 11.6 Å². The first kappa shape index (κ1) is 12.6. The fourth-order valence-corrected chi connectivity index (χ4v) is 2.14. The topological polar surface area (TPSA) is 63.6 Å². The molecular formula is C13H11ClO4. The molecular weight excluding hydrogens is 256 g/mol. The van der Waals surface area contributed by atoms with E-state index in [0.717, 1.165) is 0 Å². The second-order valence-corrected chi connectivity index (χ2v) is 4.45. The first-order valence-corrected chi connectivity index (χ1v) is 5.71. The number of benzene rings is 1. The highest BCUT2D eigenvalue weighted by atomic mass is 35.5. The van der Waals surface area contributed by atoms with Crippen LogP contribution in [0, 0.1) is 0 Å². The quantitative estimate of drug-likeness (QED) is 0.792. The zero-order valence-corrected chi connectivity index (χ0v) is 10.5. The smallest absolute Gasteiger partial charge is 0.337 e. The van der Waals surface area contributed by atoms with Gasteiger partial charge in [0, 0.05) is 23.4 Å². The van der Waals surface area contributed by atoms with Crippen LogP contribution in [0.25, 0.3) is 5.76 Å². The van der Waals surface area contributed by atoms with Gasteiger partial charge in [-0.25, -0.2) is 4.79 Å². The van der Waals surface area contributed by atoms with Crippen molar-refractivity contribution in [2.24, 2.45) is 0 Å². The number of aliphatic hydroxyl groups excluding tert-OH is 1. The molecule has 1 aliphatic carbocycles. The monoisotopic (exact) mass is 266 g/mol. The van der Waals surface area contributed by atoms with Gasteiger partial charge in [-0.05, 0) is 23.8 Å². The molecule has 0 radical (unpaired) electrons. The number of rotatable bonds is 1. The van der Waals surface area contributed by atoms with Crippen molar-refractivity contribution in [1.29, 1.82) is 0 Å². The number of aliphatic hydroxyl groups is 1. The van der Waals surface area contributed by atoms with Crippen molar-refractivity contribution in [2.75, 3.05) is 7.11 Å². The molecule has 0 spiro atoms. The maximum absolute atomic E-state index is 11.7. The summed E-state index contributed by atoms with van der Waals surface area (Å²) in [6.07, 6.45) is 0.00521. The summed E-state index contributed by atoms with van der Waals surface area (Å²) >= 11 is 5.85. The van der Waals surface area contributed by atoms with Crippen LogP contribution in [0.15, 0.2) is 23.8 Å². The minimum Gasteiger partial charge on any atom is -0.507 e. The number of esters is 1. The minimum atomic E-state index is -0.691. The molecule has 0 amide bonds. The molecule has 0 atom stereocenters. The number of Topliss-reactive ketones (excluding diaryl/α,β-unsaturated/α-hetero) is 1. The van der Waals surface area contributed by atoms with Crippen LogP contribution in [-0.4, -0.2) is 24.0 Å². The predicted octanol–water partition coefficient (Wildman–Crippen LogP) is 2.30. The van der Waals surface area contributed by atoms with Crippen LogP contribution in [-0.2, 0) is 20.7 Å². The second kappa shape index (κ2) is 4.82. The van der Waals surface area contributed by atoms with E-state index in [4.69, 9.17) is 11.6 Å². The van der Waals surface area contributed by atoms with Crippen LogP contribution in [0.2, 0.25) is 5.02 Å². The Balaban J connectivity index is 2.61. The summed E-state index contributed by atoms with van der Waals surface area (Å²) < 4.78 is 4.57. The molecule has 0 unspecified atom stereocenters. The van der Waals surface area contributed by atoms with E-state index in [-0.39, 0.29) is 30.0 Å². The number of fused-ring (bicyclic) bond motifs is 1. The van der Waals surface area contributed by atoms with Gasteiger partial charge in [0.25, 0.3) is 0 Å². The lowest BCUT2D eigenvalue weighted by Gasteiger charge is -2.07. The Kier molecular flexibility index (Phi) is 3.39. The minimum absolute atomic E-state index is 0.0106. The molecule has 18 heavy (non-hydrogen) atoms. The lowest BCUT2D eigenvalue weighted by molar-refractivity contribution is -0.137. The normalized spacial score (nSPS) is 15.1. The Morgan fingerprint density at radius 3 is 2.78 bits per heavy atom. The van der Waals surface area contributed by atoms with Gasteiger partial charge in [0.1, 0.15) is 11.5 Å². The van der Waals surface area contributed by atoms with Gasteiger partial charge in [-0.1, -0.05) is 11.6 Å². The molecule has 0 bridgehead atoms. The summed E-state index contributed by atoms with van der Waals surface area (Å²) in [6, 6.07) is 4.81. The van der Waals surface area contributed by atoms with Gasteiger partial charge < -0.3 is 9.84 Å². The SMILES string of the molecule is COC(=O)C1=C(O)c2ccc(Cl)cc2CC(=O)C1. The molecule has 94 valence electrons. The van der Waals surface area contributed by atoms with Crippen molar-refractivity contribution in [3.63, 3.8) is 0 Å². The van der Waals surface area contributed by atoms with E-state index in [0.29, 0.717) is 16.1 Å². The zero-order valence-electron chi connectivity index (χ0n) is 9.70. The number of ketones is 1. The van der Waals surface area contributed by atoms with Crippen LogP contribution in [0.3, 0.4) is 0 Å². The molecule has 1 N–H and O–H groups in total. The Morgan fingerprint density at radius 1 is 1.39 bits per heavy atom. The van der Waals surface area contributed by atoms with Gasteiger partial charge in [0.2, 0.25) is 0 Å². The van der Waals surface area contributed by atoms with E-state index in [9.17, 15) is 14.7 Å². The molecule has 1 aliphatic rings. The first-order chi connectivity index (χ1) is 8.52. The Morgan fingerprint density at radius 2 is 2.11 bits per heavy atom. The molecule has 0 saturated carbocycles. The molecule has 0 fully saturated rings. The van der Waals surface area contributed by atoms with E-state index < -0.39 is 5.97 Å². The van der Waals surface area contributed by atoms with Crippen LogP contribution in [0.1, 0.15) is 17.5 Å². The third-order valence-electron chi connectivity index (χ3n) is 2.80. The van der Waals surface area contributed by atoms with Crippen molar-refractivity contribution >= 4 is 29.1 Å². The van der Waals surface area contributed by atoms with Crippen LogP contribution < -0.4 is 0 Å². The number of methoxy groups -OCH3 is 1. The number of hydrogen-bond donors (Lipinski definition) is 1. The molecule has 0 saturated heterocycles. The molecule has 0 heterocycles. The average molecular weight is 267 g/mol. The number of carbonyl (C=O) groups excluding carboxylic acids is 2. The zero-order chi connectivity index (χ0) is 13.3. The number of carbonyl (C=O) groups is 2. The molecule has 1 aromatic rings. The van der Waals surface area contributed by atoms with E-state index in [1.54, 1.807) is 18.2 Å². The standard InChI is InChI=1S/C13H11ClO4/c1-18-13(17)11-6-9(15)5-7-4-8(14)2-3-10(7)12(11)16/h2-4,16H,5-6H2,1H3. The van der Waals surface area contributed by atoms with E-state index >= 15 is 0 Å². The Bertz CT molecular complexity index is 560. The lowest BCUT2D eigenvalue weighted by Crippen LogP contribution is -2.10. The fraction of sp³-hybridized carbons (Fsp3) is 0.231. The summed E-state index contributed by atoms with van der Waals surface area (Å²) in [5.74, 6) is -1.06. The van der Waals surface area contributed by atoms with Crippen molar-refractivity contribution in [3.05, 3.63) is 39.9 Å². The van der Waals surface area contributed by atoms with Crippen molar-refractivity contribution < 1.29 is 19.4 Å². The summed E-state index contributed by atoms with van der Waals surface area (Å²) in [5.41, 5.74) is 1.05. The number of hydrogen-bond acceptors (Lipinski definition) is 4. The maximum Gasteiger partial charge on any atom is 0.337 e. The highest BCUT2D eigenvalue weighted by Gasteiger charge is 2.26. The van der Waals surface area contributed by atoms with Gasteiger partial charge in [-0.15, -0.1) is 0 Å². The van der Waals surface area contributed by atoms with Crippen molar-refractivity contribution in [3.8, 4) is 0 Å². The van der Waals surface area contributed by atoms with Gasteiger partial charge >= 0.3 is 5.97 Å². The number of halogens is 1. The second-order valence-electron chi connectivity index (χ2n) is 4.01. The summed E-state index contributed by atoms with van der Waals surface area (Å²) in [6.45, 7) is 0. The third-order valence-corrected chi connectivity index (χ3v) is 3.04. The summed E-state index contributed by atoms with van der Waals surface area (Å²) in [7, 11) is 1.21. The van der Waals surface area contributed by atoms with E-state index in [1.807, 2.05) is 0 Å². The highest BCUT2D eigenvalue weighted by molar-refractivity contribution is 6.30. The molecule has 0 aliphatic heterocycles. The fourth-order valence-electron chi connectivity index (χ4n) is 1.95. The molecule has 2 rings (SSSR count). The molecule has 1 aromatic carbocycles. The Hall–Kier alpha value is -1.81. The van der Waals surface area contributed by atoms with Crippen LogP contribution in [0.5, 0.6) is 0 Å². The van der Waals surface area contributed by atoms with Crippen molar-refractivity contribution in [2.45, 2.75) is 12.8 Å². The van der Waals surface area contributed by atoms with Gasteiger partial charge in [0.15, 0.2) is 0 Å².